The first-order valence-electron chi connectivity index (χ1n) is 7.94. The molecule has 1 aromatic carbocycles. The summed E-state index contributed by atoms with van der Waals surface area (Å²) in [6.07, 6.45) is 0.302. The van der Waals surface area contributed by atoms with E-state index in [1.165, 1.54) is 5.56 Å². The van der Waals surface area contributed by atoms with Crippen LogP contribution in [0, 0.1) is 20.8 Å². The number of nitrogens with zero attached hydrogens (tertiary/aromatic N) is 2. The van der Waals surface area contributed by atoms with Crippen LogP contribution < -0.4 is 14.8 Å². The minimum Gasteiger partial charge on any atom is -0.493 e. The van der Waals surface area contributed by atoms with E-state index in [9.17, 15) is 4.79 Å². The largest absolute Gasteiger partial charge is 0.493 e. The summed E-state index contributed by atoms with van der Waals surface area (Å²) in [6, 6.07) is 5.49. The average molecular weight is 331 g/mol. The molecule has 0 bridgehead atoms. The number of rotatable bonds is 7. The number of aromatic nitrogens is 2. The van der Waals surface area contributed by atoms with Gasteiger partial charge in [-0.05, 0) is 44.0 Å². The monoisotopic (exact) mass is 331 g/mol. The predicted molar refractivity (Wildman–Crippen MR) is 92.7 cm³/mol. The molecule has 6 nitrogen and oxygen atoms in total. The van der Waals surface area contributed by atoms with Gasteiger partial charge in [-0.1, -0.05) is 6.07 Å². The van der Waals surface area contributed by atoms with Gasteiger partial charge in [0.2, 0.25) is 5.91 Å². The van der Waals surface area contributed by atoms with Gasteiger partial charge in [-0.15, -0.1) is 0 Å². The summed E-state index contributed by atoms with van der Waals surface area (Å²) in [5, 5.41) is 7.40. The molecule has 0 atom stereocenters. The second kappa shape index (κ2) is 7.86. The van der Waals surface area contributed by atoms with Crippen molar-refractivity contribution in [2.75, 3.05) is 20.8 Å². The van der Waals surface area contributed by atoms with Crippen molar-refractivity contribution in [3.63, 3.8) is 0 Å². The van der Waals surface area contributed by atoms with Crippen molar-refractivity contribution < 1.29 is 14.3 Å². The number of aryl methyl sites for hydroxylation is 1. The van der Waals surface area contributed by atoms with Gasteiger partial charge in [0.15, 0.2) is 11.5 Å². The Labute approximate surface area is 142 Å². The summed E-state index contributed by atoms with van der Waals surface area (Å²) in [5.74, 6) is 1.25. The van der Waals surface area contributed by atoms with E-state index >= 15 is 0 Å². The Morgan fingerprint density at radius 3 is 2.46 bits per heavy atom. The van der Waals surface area contributed by atoms with E-state index in [1.807, 2.05) is 30.7 Å². The molecule has 0 saturated carbocycles. The van der Waals surface area contributed by atoms with E-state index in [2.05, 4.69) is 17.3 Å². The Kier molecular flexibility index (Phi) is 5.84. The van der Waals surface area contributed by atoms with E-state index < -0.39 is 0 Å². The summed E-state index contributed by atoms with van der Waals surface area (Å²) in [6.45, 7) is 7.31. The third-order valence-electron chi connectivity index (χ3n) is 4.20. The Hall–Kier alpha value is -2.50. The van der Waals surface area contributed by atoms with Crippen LogP contribution in [0.5, 0.6) is 11.5 Å². The van der Waals surface area contributed by atoms with Crippen molar-refractivity contribution in [1.82, 2.24) is 15.1 Å². The summed E-state index contributed by atoms with van der Waals surface area (Å²) < 4.78 is 12.4. The Bertz CT molecular complexity index is 723. The lowest BCUT2D eigenvalue weighted by atomic mass is 10.1. The van der Waals surface area contributed by atoms with Crippen LogP contribution in [0.15, 0.2) is 18.2 Å². The SMILES string of the molecule is COc1ccc(CC(=O)NCCn2nc(C)c(C)c2C)cc1OC. The molecular weight excluding hydrogens is 306 g/mol. The van der Waals surface area contributed by atoms with E-state index in [1.54, 1.807) is 20.3 Å². The maximum absolute atomic E-state index is 12.1. The van der Waals surface area contributed by atoms with Crippen LogP contribution in [0.25, 0.3) is 0 Å². The number of carbonyl (C=O) groups excluding carboxylic acids is 1. The van der Waals surface area contributed by atoms with Crippen molar-refractivity contribution in [2.24, 2.45) is 0 Å². The van der Waals surface area contributed by atoms with Gasteiger partial charge >= 0.3 is 0 Å². The molecule has 1 amide bonds. The minimum atomic E-state index is -0.0273. The van der Waals surface area contributed by atoms with Crippen LogP contribution in [-0.4, -0.2) is 36.5 Å². The Morgan fingerprint density at radius 2 is 1.88 bits per heavy atom. The zero-order valence-electron chi connectivity index (χ0n) is 15.0. The molecule has 1 aromatic heterocycles. The molecule has 2 aromatic rings. The smallest absolute Gasteiger partial charge is 0.224 e. The lowest BCUT2D eigenvalue weighted by Crippen LogP contribution is -2.29. The molecular formula is C18H25N3O3. The van der Waals surface area contributed by atoms with Crippen molar-refractivity contribution in [3.05, 3.63) is 40.7 Å². The molecule has 0 aliphatic heterocycles. The standard InChI is InChI=1S/C18H25N3O3/c1-12-13(2)20-21(14(12)3)9-8-19-18(22)11-15-6-7-16(23-4)17(10-15)24-5/h6-7,10H,8-9,11H2,1-5H3,(H,19,22). The first kappa shape index (κ1) is 17.8. The molecule has 2 rings (SSSR count). The highest BCUT2D eigenvalue weighted by Crippen LogP contribution is 2.27. The van der Waals surface area contributed by atoms with E-state index in [0.29, 0.717) is 31.0 Å². The summed E-state index contributed by atoms with van der Waals surface area (Å²) in [7, 11) is 3.17. The topological polar surface area (TPSA) is 65.4 Å². The van der Waals surface area contributed by atoms with Gasteiger partial charge in [0.25, 0.3) is 0 Å². The summed E-state index contributed by atoms with van der Waals surface area (Å²) >= 11 is 0. The molecule has 130 valence electrons. The number of methoxy groups -OCH3 is 2. The van der Waals surface area contributed by atoms with Crippen LogP contribution in [0.2, 0.25) is 0 Å². The Balaban J connectivity index is 1.88. The number of hydrogen-bond donors (Lipinski definition) is 1. The van der Waals surface area contributed by atoms with Crippen molar-refractivity contribution in [3.8, 4) is 11.5 Å². The number of hydrogen-bond acceptors (Lipinski definition) is 4. The zero-order valence-corrected chi connectivity index (χ0v) is 15.0. The summed E-state index contributed by atoms with van der Waals surface area (Å²) in [4.78, 5) is 12.1. The second-order valence-corrected chi connectivity index (χ2v) is 5.74. The van der Waals surface area contributed by atoms with Crippen molar-refractivity contribution in [1.29, 1.82) is 0 Å². The fraction of sp³-hybridized carbons (Fsp3) is 0.444. The van der Waals surface area contributed by atoms with Gasteiger partial charge in [0.05, 0.1) is 32.9 Å². The number of amides is 1. The second-order valence-electron chi connectivity index (χ2n) is 5.74. The molecule has 0 aliphatic rings. The molecule has 0 saturated heterocycles. The fourth-order valence-electron chi connectivity index (χ4n) is 2.54. The molecule has 6 heteroatoms. The lowest BCUT2D eigenvalue weighted by molar-refractivity contribution is -0.120. The molecule has 24 heavy (non-hydrogen) atoms. The van der Waals surface area contributed by atoms with Crippen LogP contribution >= 0.6 is 0 Å². The highest BCUT2D eigenvalue weighted by Gasteiger charge is 2.10. The number of benzene rings is 1. The van der Waals surface area contributed by atoms with Gasteiger partial charge < -0.3 is 14.8 Å². The molecule has 0 aliphatic carbocycles. The molecule has 1 heterocycles. The number of carbonyl (C=O) groups is 1. The van der Waals surface area contributed by atoms with E-state index in [-0.39, 0.29) is 5.91 Å². The van der Waals surface area contributed by atoms with Gasteiger partial charge in [-0.2, -0.15) is 5.10 Å². The lowest BCUT2D eigenvalue weighted by Gasteiger charge is -2.10. The maximum Gasteiger partial charge on any atom is 0.224 e. The van der Waals surface area contributed by atoms with Crippen LogP contribution in [0.3, 0.4) is 0 Å². The van der Waals surface area contributed by atoms with Crippen molar-refractivity contribution in [2.45, 2.75) is 33.7 Å². The maximum atomic E-state index is 12.1. The van der Waals surface area contributed by atoms with E-state index in [0.717, 1.165) is 17.0 Å². The molecule has 0 radical (unpaired) electrons. The highest BCUT2D eigenvalue weighted by molar-refractivity contribution is 5.78. The zero-order chi connectivity index (χ0) is 17.7. The molecule has 0 fully saturated rings. The normalized spacial score (nSPS) is 10.5. The first-order chi connectivity index (χ1) is 11.5. The average Bonchev–Trinajstić information content (AvgIpc) is 2.81. The van der Waals surface area contributed by atoms with Crippen LogP contribution in [-0.2, 0) is 17.8 Å². The molecule has 0 spiro atoms. The quantitative estimate of drug-likeness (QED) is 0.844. The third kappa shape index (κ3) is 4.07. The third-order valence-corrected chi connectivity index (χ3v) is 4.20. The fourth-order valence-corrected chi connectivity index (χ4v) is 2.54. The highest BCUT2D eigenvalue weighted by atomic mass is 16.5. The number of nitrogens with one attached hydrogen (secondary N) is 1. The number of ether oxygens (including phenoxy) is 2. The Morgan fingerprint density at radius 1 is 1.17 bits per heavy atom. The van der Waals surface area contributed by atoms with E-state index in [4.69, 9.17) is 9.47 Å². The van der Waals surface area contributed by atoms with Gasteiger partial charge in [-0.3, -0.25) is 9.48 Å². The van der Waals surface area contributed by atoms with Crippen LogP contribution in [0.4, 0.5) is 0 Å². The van der Waals surface area contributed by atoms with Gasteiger partial charge in [-0.25, -0.2) is 0 Å². The minimum absolute atomic E-state index is 0.0273. The first-order valence-corrected chi connectivity index (χ1v) is 7.94. The van der Waals surface area contributed by atoms with Gasteiger partial charge in [0.1, 0.15) is 0 Å². The molecule has 0 unspecified atom stereocenters. The predicted octanol–water partition coefficient (Wildman–Crippen LogP) is 2.18. The van der Waals surface area contributed by atoms with Crippen LogP contribution in [0.1, 0.15) is 22.5 Å². The van der Waals surface area contributed by atoms with Gasteiger partial charge in [0, 0.05) is 12.2 Å². The van der Waals surface area contributed by atoms with Crippen molar-refractivity contribution >= 4 is 5.91 Å². The summed E-state index contributed by atoms with van der Waals surface area (Å²) in [5.41, 5.74) is 4.25. The molecule has 1 N–H and O–H groups in total.